The van der Waals surface area contributed by atoms with Crippen molar-refractivity contribution in [3.8, 4) is 5.75 Å². The van der Waals surface area contributed by atoms with Crippen molar-refractivity contribution in [1.82, 2.24) is 4.90 Å². The van der Waals surface area contributed by atoms with Crippen LogP contribution in [0.2, 0.25) is 0 Å². The Hall–Kier alpha value is -1.06. The minimum atomic E-state index is -0.432. The molecule has 3 heteroatoms. The number of benzene rings is 1. The van der Waals surface area contributed by atoms with Crippen molar-refractivity contribution in [3.63, 3.8) is 0 Å². The monoisotopic (exact) mass is 279 g/mol. The summed E-state index contributed by atoms with van der Waals surface area (Å²) in [5, 5.41) is 10.7. The second-order valence-corrected chi connectivity index (χ2v) is 5.86. The van der Waals surface area contributed by atoms with Gasteiger partial charge < -0.3 is 9.84 Å². The Kier molecular flexibility index (Phi) is 6.03. The first-order valence-corrected chi connectivity index (χ1v) is 7.43. The maximum Gasteiger partial charge on any atom is 0.122 e. The third-order valence-electron chi connectivity index (χ3n) is 4.24. The van der Waals surface area contributed by atoms with E-state index >= 15 is 0 Å². The predicted octanol–water partition coefficient (Wildman–Crippen LogP) is 3.03. The van der Waals surface area contributed by atoms with Gasteiger partial charge in [-0.1, -0.05) is 31.5 Å². The van der Waals surface area contributed by atoms with Crippen molar-refractivity contribution in [2.75, 3.05) is 20.2 Å². The van der Waals surface area contributed by atoms with Gasteiger partial charge in [0.05, 0.1) is 13.2 Å². The Morgan fingerprint density at radius 2 is 1.85 bits per heavy atom. The number of aryl methyl sites for hydroxylation is 1. The number of ether oxygens (including phenoxy) is 1. The topological polar surface area (TPSA) is 32.7 Å². The van der Waals surface area contributed by atoms with Gasteiger partial charge in [-0.05, 0) is 45.5 Å². The van der Waals surface area contributed by atoms with Crippen molar-refractivity contribution < 1.29 is 9.84 Å². The fourth-order valence-electron chi connectivity index (χ4n) is 2.77. The van der Waals surface area contributed by atoms with Crippen LogP contribution in [0, 0.1) is 6.92 Å². The molecule has 0 aliphatic carbocycles. The normalized spacial score (nSPS) is 13.6. The SMILES string of the molecule is CCN(CC)C(C)(C)C(O)Cc1cc(C)ccc1OC. The van der Waals surface area contributed by atoms with Crippen molar-refractivity contribution in [2.24, 2.45) is 0 Å². The van der Waals surface area contributed by atoms with Crippen molar-refractivity contribution in [1.29, 1.82) is 0 Å². The second kappa shape index (κ2) is 7.09. The molecular formula is C17H29NO2. The molecule has 1 aromatic rings. The molecule has 114 valence electrons. The summed E-state index contributed by atoms with van der Waals surface area (Å²) >= 11 is 0. The van der Waals surface area contributed by atoms with Crippen LogP contribution in [-0.2, 0) is 6.42 Å². The van der Waals surface area contributed by atoms with Gasteiger partial charge in [-0.3, -0.25) is 4.90 Å². The summed E-state index contributed by atoms with van der Waals surface area (Å²) in [4.78, 5) is 2.29. The smallest absolute Gasteiger partial charge is 0.122 e. The molecule has 0 fully saturated rings. The molecule has 0 aliphatic heterocycles. The van der Waals surface area contributed by atoms with E-state index in [4.69, 9.17) is 4.74 Å². The highest BCUT2D eigenvalue weighted by Crippen LogP contribution is 2.26. The standard InChI is InChI=1S/C17H29NO2/c1-7-18(8-2)17(4,5)16(19)12-14-11-13(3)9-10-15(14)20-6/h9-11,16,19H,7-8,12H2,1-6H3. The molecule has 1 aromatic carbocycles. The van der Waals surface area contributed by atoms with E-state index in [9.17, 15) is 5.11 Å². The number of likely N-dealkylation sites (N-methyl/N-ethyl adjacent to an activating group) is 1. The van der Waals surface area contributed by atoms with Gasteiger partial charge in [-0.15, -0.1) is 0 Å². The summed E-state index contributed by atoms with van der Waals surface area (Å²) in [5.74, 6) is 0.852. The van der Waals surface area contributed by atoms with Gasteiger partial charge in [0.1, 0.15) is 5.75 Å². The quantitative estimate of drug-likeness (QED) is 0.833. The van der Waals surface area contributed by atoms with E-state index in [2.05, 4.69) is 45.6 Å². The number of hydrogen-bond acceptors (Lipinski definition) is 3. The molecule has 1 unspecified atom stereocenters. The molecule has 1 N–H and O–H groups in total. The van der Waals surface area contributed by atoms with E-state index in [0.29, 0.717) is 6.42 Å². The Morgan fingerprint density at radius 3 is 2.35 bits per heavy atom. The van der Waals surface area contributed by atoms with Crippen LogP contribution in [0.25, 0.3) is 0 Å². The highest BCUT2D eigenvalue weighted by Gasteiger charge is 2.33. The van der Waals surface area contributed by atoms with E-state index < -0.39 is 6.10 Å². The molecule has 0 aromatic heterocycles. The Bertz CT molecular complexity index is 425. The summed E-state index contributed by atoms with van der Waals surface area (Å²) in [6.07, 6.45) is 0.173. The maximum absolute atomic E-state index is 10.7. The average molecular weight is 279 g/mol. The Morgan fingerprint density at radius 1 is 1.25 bits per heavy atom. The zero-order valence-electron chi connectivity index (χ0n) is 13.7. The third kappa shape index (κ3) is 3.74. The van der Waals surface area contributed by atoms with Crippen LogP contribution in [0.15, 0.2) is 18.2 Å². The minimum absolute atomic E-state index is 0.252. The number of aliphatic hydroxyl groups excluding tert-OH is 1. The van der Waals surface area contributed by atoms with E-state index in [0.717, 1.165) is 24.4 Å². The molecule has 0 amide bonds. The number of nitrogens with zero attached hydrogens (tertiary/aromatic N) is 1. The van der Waals surface area contributed by atoms with Crippen molar-refractivity contribution in [3.05, 3.63) is 29.3 Å². The largest absolute Gasteiger partial charge is 0.496 e. The van der Waals surface area contributed by atoms with Crippen LogP contribution in [0.5, 0.6) is 5.75 Å². The second-order valence-electron chi connectivity index (χ2n) is 5.86. The van der Waals surface area contributed by atoms with Crippen LogP contribution < -0.4 is 4.74 Å². The number of rotatable bonds is 7. The molecular weight excluding hydrogens is 250 g/mol. The van der Waals surface area contributed by atoms with Gasteiger partial charge >= 0.3 is 0 Å². The number of methoxy groups -OCH3 is 1. The zero-order chi connectivity index (χ0) is 15.3. The summed E-state index contributed by atoms with van der Waals surface area (Å²) in [6, 6.07) is 6.10. The van der Waals surface area contributed by atoms with Gasteiger partial charge in [0.15, 0.2) is 0 Å². The van der Waals surface area contributed by atoms with Crippen LogP contribution >= 0.6 is 0 Å². The van der Waals surface area contributed by atoms with E-state index in [1.165, 1.54) is 5.56 Å². The van der Waals surface area contributed by atoms with Crippen LogP contribution in [0.3, 0.4) is 0 Å². The van der Waals surface area contributed by atoms with Gasteiger partial charge in [-0.25, -0.2) is 0 Å². The Labute approximate surface area is 123 Å². The average Bonchev–Trinajstić information content (AvgIpc) is 2.40. The first-order chi connectivity index (χ1) is 9.36. The third-order valence-corrected chi connectivity index (χ3v) is 4.24. The fourth-order valence-corrected chi connectivity index (χ4v) is 2.77. The molecule has 1 rings (SSSR count). The zero-order valence-corrected chi connectivity index (χ0v) is 13.7. The first-order valence-electron chi connectivity index (χ1n) is 7.43. The molecule has 0 bridgehead atoms. The van der Waals surface area contributed by atoms with Gasteiger partial charge in [-0.2, -0.15) is 0 Å². The summed E-state index contributed by atoms with van der Waals surface area (Å²) in [5.41, 5.74) is 2.01. The minimum Gasteiger partial charge on any atom is -0.496 e. The van der Waals surface area contributed by atoms with Crippen LogP contribution in [0.1, 0.15) is 38.8 Å². The van der Waals surface area contributed by atoms with E-state index in [1.807, 2.05) is 12.1 Å². The molecule has 0 saturated carbocycles. The summed E-state index contributed by atoms with van der Waals surface area (Å²) < 4.78 is 5.40. The summed E-state index contributed by atoms with van der Waals surface area (Å²) in [7, 11) is 1.68. The van der Waals surface area contributed by atoms with Crippen molar-refractivity contribution >= 4 is 0 Å². The first kappa shape index (κ1) is 17.0. The van der Waals surface area contributed by atoms with Crippen molar-refractivity contribution in [2.45, 2.75) is 52.7 Å². The van der Waals surface area contributed by atoms with Gasteiger partial charge in [0, 0.05) is 12.0 Å². The molecule has 0 heterocycles. The number of aliphatic hydroxyl groups is 1. The lowest BCUT2D eigenvalue weighted by Gasteiger charge is -2.41. The molecule has 0 spiro atoms. The van der Waals surface area contributed by atoms with E-state index in [-0.39, 0.29) is 5.54 Å². The highest BCUT2D eigenvalue weighted by molar-refractivity contribution is 5.37. The van der Waals surface area contributed by atoms with Gasteiger partial charge in [0.25, 0.3) is 0 Å². The molecule has 0 radical (unpaired) electrons. The van der Waals surface area contributed by atoms with Crippen LogP contribution in [0.4, 0.5) is 0 Å². The molecule has 1 atom stereocenters. The lowest BCUT2D eigenvalue weighted by Crippen LogP contribution is -2.53. The van der Waals surface area contributed by atoms with Gasteiger partial charge in [0.2, 0.25) is 0 Å². The van der Waals surface area contributed by atoms with Crippen LogP contribution in [-0.4, -0.2) is 41.8 Å². The highest BCUT2D eigenvalue weighted by atomic mass is 16.5. The lowest BCUT2D eigenvalue weighted by molar-refractivity contribution is -0.00440. The molecule has 20 heavy (non-hydrogen) atoms. The summed E-state index contributed by atoms with van der Waals surface area (Å²) in [6.45, 7) is 12.4. The predicted molar refractivity (Wildman–Crippen MR) is 84.4 cm³/mol. The lowest BCUT2D eigenvalue weighted by atomic mass is 9.89. The molecule has 0 saturated heterocycles. The molecule has 0 aliphatic rings. The molecule has 3 nitrogen and oxygen atoms in total. The maximum atomic E-state index is 10.7. The fraction of sp³-hybridized carbons (Fsp3) is 0.647. The Balaban J connectivity index is 2.94. The van der Waals surface area contributed by atoms with E-state index in [1.54, 1.807) is 7.11 Å². The number of hydrogen-bond donors (Lipinski definition) is 1.